The van der Waals surface area contributed by atoms with Crippen LogP contribution in [0.5, 0.6) is 0 Å². The molecule has 2 aromatic heterocycles. The van der Waals surface area contributed by atoms with Gasteiger partial charge in [0.2, 0.25) is 5.91 Å². The van der Waals surface area contributed by atoms with Gasteiger partial charge in [0.1, 0.15) is 5.56 Å². The number of amides is 2. The summed E-state index contributed by atoms with van der Waals surface area (Å²) >= 11 is 0. The van der Waals surface area contributed by atoms with Crippen LogP contribution in [0.3, 0.4) is 0 Å². The number of carbonyl (C=O) groups is 2. The van der Waals surface area contributed by atoms with Crippen LogP contribution in [0.4, 0.5) is 5.69 Å². The Morgan fingerprint density at radius 3 is 2.43 bits per heavy atom. The summed E-state index contributed by atoms with van der Waals surface area (Å²) in [6, 6.07) is 10.1. The topological polar surface area (TPSA) is 82.8 Å². The van der Waals surface area contributed by atoms with Crippen LogP contribution in [0, 0.1) is 13.8 Å². The van der Waals surface area contributed by atoms with E-state index < -0.39 is 0 Å². The molecule has 0 radical (unpaired) electrons. The van der Waals surface area contributed by atoms with E-state index in [4.69, 9.17) is 0 Å². The summed E-state index contributed by atoms with van der Waals surface area (Å²) in [6.45, 7) is 9.05. The number of hydrogen-bond donors (Lipinski definition) is 1. The minimum atomic E-state index is -0.188. The lowest BCUT2D eigenvalue weighted by molar-refractivity contribution is -0.129. The molecular weight excluding hydrogens is 380 g/mol. The first-order chi connectivity index (χ1) is 14.4. The minimum absolute atomic E-state index is 0.132. The standard InChI is InChI=1S/C22H26N6O2/c1-15-12-16(2)28-21(25-15)20(14-24-28)22(30)23-13-18-4-6-19(7-5-18)27-10-8-26(9-11-27)17(3)29/h4-7,12,14H,8-11,13H2,1-3H3,(H,23,30). The summed E-state index contributed by atoms with van der Waals surface area (Å²) < 4.78 is 1.68. The van der Waals surface area contributed by atoms with Gasteiger partial charge >= 0.3 is 0 Å². The highest BCUT2D eigenvalue weighted by molar-refractivity contribution is 5.99. The van der Waals surface area contributed by atoms with Gasteiger partial charge in [-0.1, -0.05) is 12.1 Å². The van der Waals surface area contributed by atoms with E-state index in [1.54, 1.807) is 17.6 Å². The Morgan fingerprint density at radius 2 is 1.77 bits per heavy atom. The maximum absolute atomic E-state index is 12.7. The van der Waals surface area contributed by atoms with Gasteiger partial charge in [-0.05, 0) is 37.6 Å². The summed E-state index contributed by atoms with van der Waals surface area (Å²) in [5, 5.41) is 7.24. The molecule has 1 fully saturated rings. The fourth-order valence-electron chi connectivity index (χ4n) is 3.81. The van der Waals surface area contributed by atoms with Gasteiger partial charge in [0, 0.05) is 56.7 Å². The first-order valence-corrected chi connectivity index (χ1v) is 10.1. The second kappa shape index (κ2) is 8.14. The summed E-state index contributed by atoms with van der Waals surface area (Å²) in [5.41, 5.74) is 5.00. The normalized spacial score (nSPS) is 14.2. The van der Waals surface area contributed by atoms with Crippen molar-refractivity contribution in [1.29, 1.82) is 0 Å². The Bertz CT molecular complexity index is 1080. The summed E-state index contributed by atoms with van der Waals surface area (Å²) in [4.78, 5) is 32.7. The van der Waals surface area contributed by atoms with Gasteiger partial charge < -0.3 is 15.1 Å². The lowest BCUT2D eigenvalue weighted by Crippen LogP contribution is -2.48. The molecule has 1 N–H and O–H groups in total. The first-order valence-electron chi connectivity index (χ1n) is 10.1. The Hall–Kier alpha value is -3.42. The van der Waals surface area contributed by atoms with Gasteiger partial charge in [0.15, 0.2) is 5.65 Å². The highest BCUT2D eigenvalue weighted by Gasteiger charge is 2.19. The van der Waals surface area contributed by atoms with Crippen molar-refractivity contribution in [2.45, 2.75) is 27.3 Å². The molecule has 1 aliphatic rings. The van der Waals surface area contributed by atoms with E-state index in [0.717, 1.165) is 48.8 Å². The van der Waals surface area contributed by atoms with Crippen LogP contribution in [-0.4, -0.2) is 57.5 Å². The predicted octanol–water partition coefficient (Wildman–Crippen LogP) is 1.94. The molecule has 4 rings (SSSR count). The lowest BCUT2D eigenvalue weighted by Gasteiger charge is -2.35. The third-order valence-electron chi connectivity index (χ3n) is 5.50. The smallest absolute Gasteiger partial charge is 0.257 e. The molecule has 3 heterocycles. The van der Waals surface area contributed by atoms with Crippen LogP contribution < -0.4 is 10.2 Å². The fourth-order valence-corrected chi connectivity index (χ4v) is 3.81. The molecule has 30 heavy (non-hydrogen) atoms. The molecule has 0 aliphatic carbocycles. The van der Waals surface area contributed by atoms with E-state index in [0.29, 0.717) is 17.8 Å². The second-order valence-corrected chi connectivity index (χ2v) is 7.67. The van der Waals surface area contributed by atoms with Crippen LogP contribution in [-0.2, 0) is 11.3 Å². The molecule has 0 spiro atoms. The number of nitrogens with one attached hydrogen (secondary N) is 1. The minimum Gasteiger partial charge on any atom is -0.368 e. The highest BCUT2D eigenvalue weighted by Crippen LogP contribution is 2.18. The Morgan fingerprint density at radius 1 is 1.07 bits per heavy atom. The summed E-state index contributed by atoms with van der Waals surface area (Å²) in [5.74, 6) is -0.0561. The first kappa shape index (κ1) is 19.9. The average molecular weight is 406 g/mol. The van der Waals surface area contributed by atoms with Gasteiger partial charge in [-0.15, -0.1) is 0 Å². The van der Waals surface area contributed by atoms with E-state index in [1.165, 1.54) is 0 Å². The molecule has 0 unspecified atom stereocenters. The van der Waals surface area contributed by atoms with Crippen molar-refractivity contribution in [1.82, 2.24) is 24.8 Å². The monoisotopic (exact) mass is 406 g/mol. The van der Waals surface area contributed by atoms with Crippen LogP contribution in [0.2, 0.25) is 0 Å². The zero-order chi connectivity index (χ0) is 21.3. The Labute approximate surface area is 175 Å². The third-order valence-corrected chi connectivity index (χ3v) is 5.50. The summed E-state index contributed by atoms with van der Waals surface area (Å²) in [6.07, 6.45) is 1.56. The van der Waals surface area contributed by atoms with Crippen molar-refractivity contribution < 1.29 is 9.59 Å². The highest BCUT2D eigenvalue weighted by atomic mass is 16.2. The van der Waals surface area contributed by atoms with Crippen LogP contribution in [0.15, 0.2) is 36.5 Å². The molecule has 0 atom stereocenters. The van der Waals surface area contributed by atoms with E-state index in [9.17, 15) is 9.59 Å². The zero-order valence-electron chi connectivity index (χ0n) is 17.6. The largest absolute Gasteiger partial charge is 0.368 e. The molecule has 3 aromatic rings. The molecule has 1 aromatic carbocycles. The van der Waals surface area contributed by atoms with Crippen molar-refractivity contribution in [2.75, 3.05) is 31.1 Å². The van der Waals surface area contributed by atoms with Crippen LogP contribution in [0.25, 0.3) is 5.65 Å². The van der Waals surface area contributed by atoms with Gasteiger partial charge in [-0.2, -0.15) is 5.10 Å². The number of aryl methyl sites for hydroxylation is 2. The molecular formula is C22H26N6O2. The number of carbonyl (C=O) groups excluding carboxylic acids is 2. The quantitative estimate of drug-likeness (QED) is 0.716. The van der Waals surface area contributed by atoms with E-state index in [-0.39, 0.29) is 11.8 Å². The number of rotatable bonds is 4. The van der Waals surface area contributed by atoms with Gasteiger partial charge in [0.25, 0.3) is 5.91 Å². The van der Waals surface area contributed by atoms with Gasteiger partial charge in [-0.25, -0.2) is 9.50 Å². The third kappa shape index (κ3) is 3.98. The number of fused-ring (bicyclic) bond motifs is 1. The molecule has 1 saturated heterocycles. The fraction of sp³-hybridized carbons (Fsp3) is 0.364. The molecule has 8 heteroatoms. The molecule has 8 nitrogen and oxygen atoms in total. The number of aromatic nitrogens is 3. The Balaban J connectivity index is 1.38. The second-order valence-electron chi connectivity index (χ2n) is 7.67. The number of anilines is 1. The van der Waals surface area contributed by atoms with Crippen molar-refractivity contribution in [2.24, 2.45) is 0 Å². The maximum Gasteiger partial charge on any atom is 0.257 e. The van der Waals surface area contributed by atoms with Gasteiger partial charge in [0.05, 0.1) is 6.20 Å². The number of hydrogen-bond acceptors (Lipinski definition) is 5. The zero-order valence-corrected chi connectivity index (χ0v) is 17.6. The van der Waals surface area contributed by atoms with Crippen molar-refractivity contribution >= 4 is 23.1 Å². The predicted molar refractivity (Wildman–Crippen MR) is 115 cm³/mol. The molecule has 1 aliphatic heterocycles. The molecule has 2 amide bonds. The lowest BCUT2D eigenvalue weighted by atomic mass is 10.1. The molecule has 0 bridgehead atoms. The van der Waals surface area contributed by atoms with Crippen molar-refractivity contribution in [3.05, 3.63) is 59.0 Å². The van der Waals surface area contributed by atoms with Crippen LogP contribution >= 0.6 is 0 Å². The SMILES string of the molecule is CC(=O)N1CCN(c2ccc(CNC(=O)c3cnn4c(C)cc(C)nc34)cc2)CC1. The number of benzene rings is 1. The van der Waals surface area contributed by atoms with E-state index in [2.05, 4.69) is 32.4 Å². The molecule has 0 saturated carbocycles. The maximum atomic E-state index is 12.7. The summed E-state index contributed by atoms with van der Waals surface area (Å²) in [7, 11) is 0. The number of nitrogens with zero attached hydrogens (tertiary/aromatic N) is 5. The average Bonchev–Trinajstić information content (AvgIpc) is 3.17. The van der Waals surface area contributed by atoms with Crippen LogP contribution in [0.1, 0.15) is 34.2 Å². The van der Waals surface area contributed by atoms with Crippen molar-refractivity contribution in [3.8, 4) is 0 Å². The molecule has 156 valence electrons. The van der Waals surface area contributed by atoms with E-state index in [1.807, 2.05) is 36.9 Å². The Kier molecular flexibility index (Phi) is 5.39. The number of piperazine rings is 1. The van der Waals surface area contributed by atoms with Crippen molar-refractivity contribution in [3.63, 3.8) is 0 Å². The van der Waals surface area contributed by atoms with Gasteiger partial charge in [-0.3, -0.25) is 9.59 Å². The van der Waals surface area contributed by atoms with E-state index >= 15 is 0 Å².